The van der Waals surface area contributed by atoms with Gasteiger partial charge in [-0.2, -0.15) is 0 Å². The molecule has 0 amide bonds. The Balaban J connectivity index is 2.20. The highest BCUT2D eigenvalue weighted by Crippen LogP contribution is 2.30. The molecule has 0 aliphatic rings. The van der Waals surface area contributed by atoms with Crippen molar-refractivity contribution in [3.8, 4) is 11.4 Å². The molecule has 18 heavy (non-hydrogen) atoms. The summed E-state index contributed by atoms with van der Waals surface area (Å²) in [6, 6.07) is 7.84. The Hall–Kier alpha value is -1.88. The summed E-state index contributed by atoms with van der Waals surface area (Å²) in [7, 11) is 1.82. The quantitative estimate of drug-likeness (QED) is 0.784. The monoisotopic (exact) mass is 303 g/mol. The minimum Gasteiger partial charge on any atom is -0.464 e. The van der Waals surface area contributed by atoms with Crippen LogP contribution < -0.4 is 5.32 Å². The number of para-hydroxylation sites is 1. The molecule has 0 radical (unpaired) electrons. The molecule has 5 heteroatoms. The summed E-state index contributed by atoms with van der Waals surface area (Å²) in [6.45, 7) is 0. The predicted octanol–water partition coefficient (Wildman–Crippen LogP) is 3.69. The first-order chi connectivity index (χ1) is 8.79. The molecule has 90 valence electrons. The van der Waals surface area contributed by atoms with Crippen molar-refractivity contribution in [3.63, 3.8) is 0 Å². The fraction of sp³-hybridized carbons (Fsp3) is 0.0769. The molecule has 3 rings (SSSR count). The van der Waals surface area contributed by atoms with Gasteiger partial charge in [-0.3, -0.25) is 0 Å². The van der Waals surface area contributed by atoms with Gasteiger partial charge in [0.05, 0.1) is 10.0 Å². The molecule has 1 aromatic carbocycles. The predicted molar refractivity (Wildman–Crippen MR) is 74.5 cm³/mol. The molecule has 0 aliphatic carbocycles. The number of halogens is 1. The van der Waals surface area contributed by atoms with E-state index in [1.807, 2.05) is 31.3 Å². The third-order valence-electron chi connectivity index (χ3n) is 2.70. The SMILES string of the molecule is CNc1nc(-c2coc3ccccc23)ncc1Br. The van der Waals surface area contributed by atoms with E-state index in [0.717, 1.165) is 26.8 Å². The van der Waals surface area contributed by atoms with Crippen LogP contribution in [0, 0.1) is 0 Å². The Morgan fingerprint density at radius 3 is 2.94 bits per heavy atom. The largest absolute Gasteiger partial charge is 0.464 e. The summed E-state index contributed by atoms with van der Waals surface area (Å²) < 4.78 is 6.33. The van der Waals surface area contributed by atoms with E-state index in [9.17, 15) is 0 Å². The number of benzene rings is 1. The highest BCUT2D eigenvalue weighted by molar-refractivity contribution is 9.10. The molecule has 1 N–H and O–H groups in total. The molecule has 0 atom stereocenters. The van der Waals surface area contributed by atoms with E-state index < -0.39 is 0 Å². The molecule has 3 aromatic rings. The van der Waals surface area contributed by atoms with Crippen molar-refractivity contribution in [1.29, 1.82) is 0 Å². The van der Waals surface area contributed by atoms with Gasteiger partial charge in [0.2, 0.25) is 0 Å². The van der Waals surface area contributed by atoms with Gasteiger partial charge in [0.1, 0.15) is 17.7 Å². The molecule has 0 spiro atoms. The van der Waals surface area contributed by atoms with E-state index in [-0.39, 0.29) is 0 Å². The third kappa shape index (κ3) is 1.76. The van der Waals surface area contributed by atoms with Gasteiger partial charge in [-0.1, -0.05) is 18.2 Å². The van der Waals surface area contributed by atoms with Gasteiger partial charge in [0, 0.05) is 18.6 Å². The van der Waals surface area contributed by atoms with Gasteiger partial charge in [0.25, 0.3) is 0 Å². The standard InChI is InChI=1S/C13H10BrN3O/c1-15-13-10(14)6-16-12(17-13)9-7-18-11-5-3-2-4-8(9)11/h2-7H,1H3,(H,15,16,17). The van der Waals surface area contributed by atoms with Gasteiger partial charge >= 0.3 is 0 Å². The number of hydrogen-bond donors (Lipinski definition) is 1. The zero-order valence-corrected chi connectivity index (χ0v) is 11.2. The van der Waals surface area contributed by atoms with Crippen LogP contribution in [0.15, 0.2) is 45.6 Å². The number of rotatable bonds is 2. The molecule has 4 nitrogen and oxygen atoms in total. The summed E-state index contributed by atoms with van der Waals surface area (Å²) in [6.07, 6.45) is 3.42. The van der Waals surface area contributed by atoms with Crippen LogP contribution in [0.25, 0.3) is 22.4 Å². The van der Waals surface area contributed by atoms with Crippen molar-refractivity contribution in [2.45, 2.75) is 0 Å². The molecule has 2 aromatic heterocycles. The fourth-order valence-corrected chi connectivity index (χ4v) is 2.21. The average molecular weight is 304 g/mol. The molecular formula is C13H10BrN3O. The van der Waals surface area contributed by atoms with Crippen LogP contribution in [-0.4, -0.2) is 17.0 Å². The van der Waals surface area contributed by atoms with Crippen LogP contribution in [0.1, 0.15) is 0 Å². The Morgan fingerprint density at radius 1 is 1.28 bits per heavy atom. The molecule has 0 bridgehead atoms. The number of nitrogens with one attached hydrogen (secondary N) is 1. The average Bonchev–Trinajstić information content (AvgIpc) is 2.83. The summed E-state index contributed by atoms with van der Waals surface area (Å²) >= 11 is 3.39. The highest BCUT2D eigenvalue weighted by atomic mass is 79.9. The van der Waals surface area contributed by atoms with E-state index in [2.05, 4.69) is 31.2 Å². The van der Waals surface area contributed by atoms with Crippen LogP contribution in [0.2, 0.25) is 0 Å². The number of aromatic nitrogens is 2. The van der Waals surface area contributed by atoms with Crippen LogP contribution in [0.3, 0.4) is 0 Å². The van der Waals surface area contributed by atoms with Crippen LogP contribution in [0.4, 0.5) is 5.82 Å². The lowest BCUT2D eigenvalue weighted by Gasteiger charge is -2.04. The van der Waals surface area contributed by atoms with Crippen molar-refractivity contribution in [1.82, 2.24) is 9.97 Å². The Morgan fingerprint density at radius 2 is 2.11 bits per heavy atom. The number of furan rings is 1. The summed E-state index contributed by atoms with van der Waals surface area (Å²) in [5.41, 5.74) is 1.74. The zero-order valence-electron chi connectivity index (χ0n) is 9.64. The van der Waals surface area contributed by atoms with E-state index in [0.29, 0.717) is 5.82 Å². The Bertz CT molecular complexity index is 708. The second-order valence-electron chi connectivity index (χ2n) is 3.79. The normalized spacial score (nSPS) is 10.8. The molecule has 0 saturated carbocycles. The van der Waals surface area contributed by atoms with Gasteiger partial charge in [0.15, 0.2) is 5.82 Å². The molecular weight excluding hydrogens is 294 g/mol. The Labute approximate surface area is 112 Å². The van der Waals surface area contributed by atoms with Crippen LogP contribution in [-0.2, 0) is 0 Å². The zero-order chi connectivity index (χ0) is 12.5. The summed E-state index contributed by atoms with van der Waals surface area (Å²) in [5.74, 6) is 1.40. The maximum absolute atomic E-state index is 5.50. The van der Waals surface area contributed by atoms with Crippen LogP contribution >= 0.6 is 15.9 Å². The van der Waals surface area contributed by atoms with Crippen molar-refractivity contribution in [2.24, 2.45) is 0 Å². The van der Waals surface area contributed by atoms with E-state index >= 15 is 0 Å². The smallest absolute Gasteiger partial charge is 0.165 e. The summed E-state index contributed by atoms with van der Waals surface area (Å²) in [5, 5.41) is 4.03. The molecule has 0 saturated heterocycles. The fourth-order valence-electron chi connectivity index (χ4n) is 1.82. The number of hydrogen-bond acceptors (Lipinski definition) is 4. The third-order valence-corrected chi connectivity index (χ3v) is 3.28. The molecule has 0 fully saturated rings. The first kappa shape index (κ1) is 11.2. The van der Waals surface area contributed by atoms with Gasteiger partial charge in [-0.25, -0.2) is 9.97 Å². The molecule has 2 heterocycles. The van der Waals surface area contributed by atoms with E-state index in [1.54, 1.807) is 12.5 Å². The van der Waals surface area contributed by atoms with E-state index in [4.69, 9.17) is 4.42 Å². The summed E-state index contributed by atoms with van der Waals surface area (Å²) in [4.78, 5) is 8.78. The van der Waals surface area contributed by atoms with Crippen molar-refractivity contribution in [3.05, 3.63) is 41.2 Å². The molecule has 0 aliphatic heterocycles. The van der Waals surface area contributed by atoms with Crippen molar-refractivity contribution in [2.75, 3.05) is 12.4 Å². The topological polar surface area (TPSA) is 51.0 Å². The number of fused-ring (bicyclic) bond motifs is 1. The lowest BCUT2D eigenvalue weighted by molar-refractivity contribution is 0.616. The maximum atomic E-state index is 5.50. The van der Waals surface area contributed by atoms with Crippen molar-refractivity contribution >= 4 is 32.7 Å². The van der Waals surface area contributed by atoms with Gasteiger partial charge in [-0.15, -0.1) is 0 Å². The first-order valence-electron chi connectivity index (χ1n) is 5.46. The number of nitrogens with zero attached hydrogens (tertiary/aromatic N) is 2. The first-order valence-corrected chi connectivity index (χ1v) is 6.26. The lowest BCUT2D eigenvalue weighted by atomic mass is 10.1. The van der Waals surface area contributed by atoms with Gasteiger partial charge < -0.3 is 9.73 Å². The number of anilines is 1. The van der Waals surface area contributed by atoms with E-state index in [1.165, 1.54) is 0 Å². The second kappa shape index (κ2) is 4.42. The maximum Gasteiger partial charge on any atom is 0.165 e. The lowest BCUT2D eigenvalue weighted by Crippen LogP contribution is -1.97. The Kier molecular flexibility index (Phi) is 2.76. The minimum atomic E-state index is 0.646. The van der Waals surface area contributed by atoms with Gasteiger partial charge in [-0.05, 0) is 22.0 Å². The second-order valence-corrected chi connectivity index (χ2v) is 4.64. The minimum absolute atomic E-state index is 0.646. The van der Waals surface area contributed by atoms with Crippen molar-refractivity contribution < 1.29 is 4.42 Å². The van der Waals surface area contributed by atoms with Crippen LogP contribution in [0.5, 0.6) is 0 Å². The highest BCUT2D eigenvalue weighted by Gasteiger charge is 2.11. The molecule has 0 unspecified atom stereocenters.